The zero-order chi connectivity index (χ0) is 22.8. The molecule has 9 heteroatoms. The molecule has 0 saturated carbocycles. The summed E-state index contributed by atoms with van der Waals surface area (Å²) in [4.78, 5) is 35.8. The Kier molecular flexibility index (Phi) is 8.24. The van der Waals surface area contributed by atoms with Gasteiger partial charge in [0.25, 0.3) is 0 Å². The van der Waals surface area contributed by atoms with E-state index >= 15 is 0 Å². The van der Waals surface area contributed by atoms with Gasteiger partial charge in [0.15, 0.2) is 0 Å². The van der Waals surface area contributed by atoms with Crippen molar-refractivity contribution in [2.45, 2.75) is 69.2 Å². The first-order chi connectivity index (χ1) is 13.1. The van der Waals surface area contributed by atoms with Crippen molar-refractivity contribution >= 4 is 34.8 Å². The fourth-order valence-corrected chi connectivity index (χ4v) is 17.5. The molecule has 168 valence electrons. The van der Waals surface area contributed by atoms with Crippen molar-refractivity contribution in [3.05, 3.63) is 32.6 Å². The van der Waals surface area contributed by atoms with Crippen LogP contribution in [0, 0.1) is 0 Å². The van der Waals surface area contributed by atoms with Crippen LogP contribution >= 0.6 is 0 Å². The number of allylic oxidation sites excluding steroid dienone is 5. The van der Waals surface area contributed by atoms with Gasteiger partial charge in [-0.2, -0.15) is 0 Å². The molecule has 0 aromatic carbocycles. The van der Waals surface area contributed by atoms with Crippen molar-refractivity contribution in [2.75, 3.05) is 0 Å². The Balaban J connectivity index is 3.80. The molecular formula is C20H34O6PtSi2. The molecule has 6 nitrogen and oxygen atoms in total. The van der Waals surface area contributed by atoms with Crippen LogP contribution in [0.25, 0.3) is 0 Å². The predicted molar refractivity (Wildman–Crippen MR) is 115 cm³/mol. The zero-order valence-corrected chi connectivity index (χ0v) is 23.2. The Labute approximate surface area is 180 Å². The molecule has 0 fully saturated rings. The summed E-state index contributed by atoms with van der Waals surface area (Å²) in [7, 11) is -5.96. The molecule has 1 aliphatic carbocycles. The van der Waals surface area contributed by atoms with Gasteiger partial charge in [0.2, 0.25) is 0 Å². The summed E-state index contributed by atoms with van der Waals surface area (Å²) in [6, 6.07) is 0.900. The summed E-state index contributed by atoms with van der Waals surface area (Å²) in [5.41, 5.74) is 0.951. The monoisotopic (exact) mass is 621 g/mol. The van der Waals surface area contributed by atoms with E-state index in [0.29, 0.717) is 11.6 Å². The summed E-state index contributed by atoms with van der Waals surface area (Å²) in [6.45, 7) is 14.2. The van der Waals surface area contributed by atoms with Crippen LogP contribution in [0.1, 0.15) is 34.1 Å². The van der Waals surface area contributed by atoms with Crippen molar-refractivity contribution in [1.82, 2.24) is 0 Å². The van der Waals surface area contributed by atoms with Crippen molar-refractivity contribution in [2.24, 2.45) is 0 Å². The third-order valence-corrected chi connectivity index (χ3v) is 16.4. The Morgan fingerprint density at radius 1 is 1.00 bits per heavy atom. The second-order valence-electron chi connectivity index (χ2n) is 8.16. The van der Waals surface area contributed by atoms with E-state index in [-0.39, 0.29) is 0 Å². The Hall–Kier alpha value is -1.25. The van der Waals surface area contributed by atoms with Gasteiger partial charge in [-0.1, -0.05) is 0 Å². The van der Waals surface area contributed by atoms with E-state index in [1.807, 2.05) is 13.0 Å². The third-order valence-electron chi connectivity index (χ3n) is 4.51. The fraction of sp³-hybridized carbons (Fsp3) is 0.550. The second kappa shape index (κ2) is 9.27. The van der Waals surface area contributed by atoms with Crippen LogP contribution in [-0.4, -0.2) is 34.8 Å². The van der Waals surface area contributed by atoms with Gasteiger partial charge < -0.3 is 0 Å². The van der Waals surface area contributed by atoms with E-state index in [1.165, 1.54) is 29.9 Å². The molecule has 0 unspecified atom stereocenters. The molecule has 0 aromatic rings. The molecule has 0 bridgehead atoms. The Bertz CT molecular complexity index is 748. The number of carbonyl (C=O) groups is 3. The number of rotatable bonds is 8. The Morgan fingerprint density at radius 2 is 1.41 bits per heavy atom. The van der Waals surface area contributed by atoms with Gasteiger partial charge in [-0.15, -0.1) is 0 Å². The van der Waals surface area contributed by atoms with Crippen LogP contribution < -0.4 is 0 Å². The van der Waals surface area contributed by atoms with E-state index in [4.69, 9.17) is 13.3 Å². The zero-order valence-electron chi connectivity index (χ0n) is 19.0. The molecule has 0 radical (unpaired) electrons. The Morgan fingerprint density at radius 3 is 1.72 bits per heavy atom. The first-order valence-electron chi connectivity index (χ1n) is 9.07. The maximum atomic E-state index is 11.9. The van der Waals surface area contributed by atoms with Crippen molar-refractivity contribution in [3.63, 3.8) is 0 Å². The van der Waals surface area contributed by atoms with E-state index in [0.717, 1.165) is 11.6 Å². The summed E-state index contributed by atoms with van der Waals surface area (Å²) >= 11 is -2.25. The average Bonchev–Trinajstić information content (AvgIpc) is 2.83. The van der Waals surface area contributed by atoms with E-state index in [2.05, 4.69) is 35.6 Å². The van der Waals surface area contributed by atoms with Crippen LogP contribution in [0.2, 0.25) is 35.1 Å². The first kappa shape index (κ1) is 25.8. The quantitative estimate of drug-likeness (QED) is 0.285. The summed E-state index contributed by atoms with van der Waals surface area (Å²) < 4.78 is 18.0. The molecule has 0 atom stereocenters. The second-order valence-corrected chi connectivity index (χ2v) is 26.8. The molecule has 0 aliphatic heterocycles. The predicted octanol–water partition coefficient (Wildman–Crippen LogP) is 4.86. The number of hydrogen-bond acceptors (Lipinski definition) is 6. The number of carbonyl (C=O) groups excluding carboxylic acids is 3. The molecule has 1 aliphatic rings. The normalized spacial score (nSPS) is 15.9. The molecule has 0 spiro atoms. The van der Waals surface area contributed by atoms with Crippen molar-refractivity contribution in [1.29, 1.82) is 0 Å². The molecule has 0 heterocycles. The molecule has 0 saturated heterocycles. The SMILES string of the molecule is C=CC[Si](C)(C)C1=[C]([Pt]([CH3])([CH3])[CH3])CC([Si](OC(C)=O)(OC(C)=O)OC(C)=O)=C1C. The van der Waals surface area contributed by atoms with Crippen LogP contribution in [0.15, 0.2) is 32.6 Å². The van der Waals surface area contributed by atoms with Gasteiger partial charge in [0, 0.05) is 0 Å². The average molecular weight is 622 g/mol. The first-order valence-corrected chi connectivity index (χ1v) is 22.0. The van der Waals surface area contributed by atoms with Crippen LogP contribution in [-0.2, 0) is 43.7 Å². The van der Waals surface area contributed by atoms with Gasteiger partial charge in [-0.25, -0.2) is 0 Å². The van der Waals surface area contributed by atoms with E-state index < -0.39 is 50.8 Å². The van der Waals surface area contributed by atoms with Gasteiger partial charge in [0.05, 0.1) is 0 Å². The van der Waals surface area contributed by atoms with Gasteiger partial charge >= 0.3 is 180 Å². The number of hydrogen-bond donors (Lipinski definition) is 0. The van der Waals surface area contributed by atoms with Crippen molar-refractivity contribution < 1.29 is 43.7 Å². The standard InChI is InChI=1S/C17H25O6Si2.3CH3.Pt/c1-8-11-24(6,7)16-9-10-17(12(16)2)25(21-13(3)18,22-14(4)19)23-15(5)20;;;;/h8H,1,10-11H2,2-7H3;3*1H3;. The molecule has 0 N–H and O–H groups in total. The fourth-order valence-electron chi connectivity index (χ4n) is 3.58. The minimum absolute atomic E-state index is 0.523. The van der Waals surface area contributed by atoms with Crippen molar-refractivity contribution in [3.8, 4) is 0 Å². The van der Waals surface area contributed by atoms with E-state index in [1.54, 1.807) is 0 Å². The van der Waals surface area contributed by atoms with Crippen LogP contribution in [0.4, 0.5) is 0 Å². The minimum atomic E-state index is -4.06. The summed E-state index contributed by atoms with van der Waals surface area (Å²) in [6.07, 6.45) is 2.47. The maximum absolute atomic E-state index is 11.9. The summed E-state index contributed by atoms with van der Waals surface area (Å²) in [5.74, 6) is -1.93. The van der Waals surface area contributed by atoms with Gasteiger partial charge in [-0.3, -0.25) is 0 Å². The topological polar surface area (TPSA) is 78.9 Å². The molecule has 0 aromatic heterocycles. The van der Waals surface area contributed by atoms with Gasteiger partial charge in [-0.05, 0) is 0 Å². The summed E-state index contributed by atoms with van der Waals surface area (Å²) in [5, 5.41) is 8.91. The molecule has 1 rings (SSSR count). The third kappa shape index (κ3) is 6.12. The van der Waals surface area contributed by atoms with Crippen LogP contribution in [0.5, 0.6) is 0 Å². The van der Waals surface area contributed by atoms with Gasteiger partial charge in [0.1, 0.15) is 0 Å². The molecule has 29 heavy (non-hydrogen) atoms. The molecule has 0 amide bonds. The van der Waals surface area contributed by atoms with Crippen LogP contribution in [0.3, 0.4) is 0 Å². The van der Waals surface area contributed by atoms with E-state index in [9.17, 15) is 14.4 Å². The molecular weight excluding hydrogens is 587 g/mol.